The lowest BCUT2D eigenvalue weighted by molar-refractivity contribution is 0.0697. The maximum atomic E-state index is 11.0. The summed E-state index contributed by atoms with van der Waals surface area (Å²) >= 11 is 11.7. The number of halogens is 2. The number of hydrogen-bond donors (Lipinski definition) is 2. The minimum atomic E-state index is -1.05. The quantitative estimate of drug-likeness (QED) is 0.898. The lowest BCUT2D eigenvalue weighted by Crippen LogP contribution is -2.04. The molecule has 1 aromatic heterocycles. The lowest BCUT2D eigenvalue weighted by Gasteiger charge is -2.08. The van der Waals surface area contributed by atoms with Crippen LogP contribution in [-0.4, -0.2) is 16.1 Å². The molecule has 0 aliphatic rings. The minimum Gasteiger partial charge on any atom is -0.478 e. The summed E-state index contributed by atoms with van der Waals surface area (Å²) in [6.07, 6.45) is 1.51. The highest BCUT2D eigenvalue weighted by molar-refractivity contribution is 6.42. The number of pyridine rings is 1. The van der Waals surface area contributed by atoms with Gasteiger partial charge in [-0.1, -0.05) is 23.2 Å². The molecule has 4 nitrogen and oxygen atoms in total. The molecule has 1 aromatic carbocycles. The molecular weight excluding hydrogens is 275 g/mol. The van der Waals surface area contributed by atoms with E-state index in [1.807, 2.05) is 0 Å². The van der Waals surface area contributed by atoms with E-state index in [0.717, 1.165) is 0 Å². The molecule has 0 bridgehead atoms. The molecular formula is C12H8Cl2N2O2. The van der Waals surface area contributed by atoms with Crippen molar-refractivity contribution in [3.8, 4) is 0 Å². The van der Waals surface area contributed by atoms with Gasteiger partial charge in [0.25, 0.3) is 0 Å². The summed E-state index contributed by atoms with van der Waals surface area (Å²) in [5.74, 6) is -0.797. The van der Waals surface area contributed by atoms with Gasteiger partial charge in [0, 0.05) is 11.9 Å². The van der Waals surface area contributed by atoms with Gasteiger partial charge in [-0.25, -0.2) is 9.78 Å². The van der Waals surface area contributed by atoms with Gasteiger partial charge >= 0.3 is 5.97 Å². The fourth-order valence-corrected chi connectivity index (χ4v) is 1.69. The Kier molecular flexibility index (Phi) is 3.69. The van der Waals surface area contributed by atoms with E-state index in [-0.39, 0.29) is 11.4 Å². The molecule has 0 aliphatic heterocycles. The molecule has 1 heterocycles. The molecule has 0 atom stereocenters. The second-order valence-electron chi connectivity index (χ2n) is 3.46. The zero-order valence-corrected chi connectivity index (χ0v) is 10.5. The normalized spacial score (nSPS) is 10.1. The fraction of sp³-hybridized carbons (Fsp3) is 0. The first-order chi connectivity index (χ1) is 8.58. The number of carboxylic acid groups (broad SMARTS) is 1. The number of nitrogens with one attached hydrogen (secondary N) is 1. The van der Waals surface area contributed by atoms with Gasteiger partial charge in [0.1, 0.15) is 11.4 Å². The van der Waals surface area contributed by atoms with Gasteiger partial charge in [0.05, 0.1) is 10.0 Å². The van der Waals surface area contributed by atoms with Crippen molar-refractivity contribution >= 4 is 40.7 Å². The van der Waals surface area contributed by atoms with Gasteiger partial charge in [-0.2, -0.15) is 0 Å². The number of nitrogens with zero attached hydrogens (tertiary/aromatic N) is 1. The number of rotatable bonds is 3. The van der Waals surface area contributed by atoms with Crippen LogP contribution in [0.5, 0.6) is 0 Å². The molecule has 0 unspecified atom stereocenters. The van der Waals surface area contributed by atoms with E-state index in [4.69, 9.17) is 28.3 Å². The number of carbonyl (C=O) groups is 1. The first-order valence-electron chi connectivity index (χ1n) is 4.98. The predicted molar refractivity (Wildman–Crippen MR) is 70.9 cm³/mol. The fourth-order valence-electron chi connectivity index (χ4n) is 1.39. The van der Waals surface area contributed by atoms with Crippen LogP contribution in [0.1, 0.15) is 10.4 Å². The second-order valence-corrected chi connectivity index (χ2v) is 4.27. The number of anilines is 2. The first kappa shape index (κ1) is 12.7. The van der Waals surface area contributed by atoms with Crippen LogP contribution in [0.25, 0.3) is 0 Å². The summed E-state index contributed by atoms with van der Waals surface area (Å²) in [5.41, 5.74) is 0.703. The van der Waals surface area contributed by atoms with Gasteiger partial charge in [-0.05, 0) is 30.3 Å². The highest BCUT2D eigenvalue weighted by atomic mass is 35.5. The molecule has 18 heavy (non-hydrogen) atoms. The molecule has 0 fully saturated rings. The van der Waals surface area contributed by atoms with Crippen LogP contribution in [0.4, 0.5) is 11.5 Å². The highest BCUT2D eigenvalue weighted by Crippen LogP contribution is 2.27. The molecule has 92 valence electrons. The average molecular weight is 283 g/mol. The van der Waals surface area contributed by atoms with Crippen molar-refractivity contribution < 1.29 is 9.90 Å². The Morgan fingerprint density at radius 1 is 1.22 bits per heavy atom. The summed E-state index contributed by atoms with van der Waals surface area (Å²) in [6.45, 7) is 0. The molecule has 0 spiro atoms. The number of hydrogen-bond acceptors (Lipinski definition) is 3. The van der Waals surface area contributed by atoms with Crippen molar-refractivity contribution in [2.24, 2.45) is 0 Å². The maximum absolute atomic E-state index is 11.0. The van der Waals surface area contributed by atoms with Crippen LogP contribution >= 0.6 is 23.2 Å². The summed E-state index contributed by atoms with van der Waals surface area (Å²) in [6, 6.07) is 7.94. The van der Waals surface area contributed by atoms with Crippen molar-refractivity contribution in [3.63, 3.8) is 0 Å². The van der Waals surface area contributed by atoms with E-state index < -0.39 is 5.97 Å². The van der Waals surface area contributed by atoms with Crippen molar-refractivity contribution in [3.05, 3.63) is 52.1 Å². The van der Waals surface area contributed by atoms with E-state index in [2.05, 4.69) is 10.3 Å². The monoisotopic (exact) mass is 282 g/mol. The van der Waals surface area contributed by atoms with E-state index in [9.17, 15) is 4.79 Å². The third-order valence-electron chi connectivity index (χ3n) is 2.22. The second kappa shape index (κ2) is 5.25. The molecule has 6 heteroatoms. The van der Waals surface area contributed by atoms with Crippen molar-refractivity contribution in [1.29, 1.82) is 0 Å². The standard InChI is InChI=1S/C12H8Cl2N2O2/c13-9-4-3-7(6-10(9)14)16-11-8(12(17)18)2-1-5-15-11/h1-6H,(H,15,16)(H,17,18). The largest absolute Gasteiger partial charge is 0.478 e. The van der Waals surface area contributed by atoms with Crippen molar-refractivity contribution in [1.82, 2.24) is 4.98 Å². The van der Waals surface area contributed by atoms with Crippen LogP contribution in [0, 0.1) is 0 Å². The summed E-state index contributed by atoms with van der Waals surface area (Å²) < 4.78 is 0. The molecule has 2 rings (SSSR count). The van der Waals surface area contributed by atoms with Gasteiger partial charge < -0.3 is 10.4 Å². The van der Waals surface area contributed by atoms with Crippen LogP contribution in [0.2, 0.25) is 10.0 Å². The van der Waals surface area contributed by atoms with Gasteiger partial charge in [-0.3, -0.25) is 0 Å². The third-order valence-corrected chi connectivity index (χ3v) is 2.96. The van der Waals surface area contributed by atoms with E-state index >= 15 is 0 Å². The topological polar surface area (TPSA) is 62.2 Å². The van der Waals surface area contributed by atoms with Crippen molar-refractivity contribution in [2.75, 3.05) is 5.32 Å². The predicted octanol–water partition coefficient (Wildman–Crippen LogP) is 3.83. The smallest absolute Gasteiger partial charge is 0.339 e. The summed E-state index contributed by atoms with van der Waals surface area (Å²) in [4.78, 5) is 15.0. The molecule has 0 radical (unpaired) electrons. The Morgan fingerprint density at radius 3 is 2.67 bits per heavy atom. The number of aromatic nitrogens is 1. The van der Waals surface area contributed by atoms with Gasteiger partial charge in [0.15, 0.2) is 0 Å². The van der Waals surface area contributed by atoms with Crippen molar-refractivity contribution in [2.45, 2.75) is 0 Å². The van der Waals surface area contributed by atoms with Crippen LogP contribution < -0.4 is 5.32 Å². The van der Waals surface area contributed by atoms with E-state index in [1.54, 1.807) is 24.3 Å². The highest BCUT2D eigenvalue weighted by Gasteiger charge is 2.10. The minimum absolute atomic E-state index is 0.0866. The Labute approximate surface area is 113 Å². The number of aromatic carboxylic acids is 1. The lowest BCUT2D eigenvalue weighted by atomic mass is 10.2. The molecule has 2 aromatic rings. The molecule has 0 saturated heterocycles. The zero-order valence-electron chi connectivity index (χ0n) is 9.02. The Hall–Kier alpha value is -1.78. The SMILES string of the molecule is O=C(O)c1cccnc1Nc1ccc(Cl)c(Cl)c1. The van der Waals surface area contributed by atoms with Crippen LogP contribution in [-0.2, 0) is 0 Å². The van der Waals surface area contributed by atoms with Crippen LogP contribution in [0.15, 0.2) is 36.5 Å². The Bertz CT molecular complexity index is 602. The van der Waals surface area contributed by atoms with E-state index in [0.29, 0.717) is 15.7 Å². The summed E-state index contributed by atoms with van der Waals surface area (Å²) in [5, 5.41) is 12.7. The first-order valence-corrected chi connectivity index (χ1v) is 5.74. The Morgan fingerprint density at radius 2 is 2.00 bits per heavy atom. The number of carboxylic acids is 1. The Balaban J connectivity index is 2.34. The van der Waals surface area contributed by atoms with E-state index in [1.165, 1.54) is 12.3 Å². The van der Waals surface area contributed by atoms with Gasteiger partial charge in [0.2, 0.25) is 0 Å². The zero-order chi connectivity index (χ0) is 13.1. The van der Waals surface area contributed by atoms with Gasteiger partial charge in [-0.15, -0.1) is 0 Å². The molecule has 0 aliphatic carbocycles. The third kappa shape index (κ3) is 2.72. The number of benzene rings is 1. The van der Waals surface area contributed by atoms with Crippen LogP contribution in [0.3, 0.4) is 0 Å². The molecule has 0 amide bonds. The molecule has 2 N–H and O–H groups in total. The maximum Gasteiger partial charge on any atom is 0.339 e. The molecule has 0 saturated carbocycles. The summed E-state index contributed by atoms with van der Waals surface area (Å²) in [7, 11) is 0. The average Bonchev–Trinajstić information content (AvgIpc) is 2.34.